The number of likely N-dealkylation sites (tertiary alicyclic amines) is 1. The number of ether oxygens (including phenoxy) is 1. The smallest absolute Gasteiger partial charge is 0.260 e. The molecule has 4 rings (SSSR count). The van der Waals surface area contributed by atoms with Crippen molar-refractivity contribution in [1.29, 1.82) is 0 Å². The summed E-state index contributed by atoms with van der Waals surface area (Å²) >= 11 is 0. The summed E-state index contributed by atoms with van der Waals surface area (Å²) in [4.78, 5) is 6.48. The van der Waals surface area contributed by atoms with E-state index in [0.29, 0.717) is 30.6 Å². The van der Waals surface area contributed by atoms with Gasteiger partial charge in [0.25, 0.3) is 6.43 Å². The van der Waals surface area contributed by atoms with Gasteiger partial charge in [-0.15, -0.1) is 0 Å². The van der Waals surface area contributed by atoms with Crippen LogP contribution in [0, 0.1) is 11.7 Å². The zero-order chi connectivity index (χ0) is 20.2. The first-order valence-corrected chi connectivity index (χ1v) is 10.1. The summed E-state index contributed by atoms with van der Waals surface area (Å²) in [7, 11) is 0. The van der Waals surface area contributed by atoms with Gasteiger partial charge in [-0.3, -0.25) is 0 Å². The monoisotopic (exact) mass is 409 g/mol. The van der Waals surface area contributed by atoms with Crippen LogP contribution in [0.2, 0.25) is 0 Å². The largest absolute Gasteiger partial charge is 0.494 e. The van der Waals surface area contributed by atoms with Gasteiger partial charge < -0.3 is 15.0 Å². The van der Waals surface area contributed by atoms with Crippen LogP contribution in [0.3, 0.4) is 0 Å². The molecule has 1 N–H and O–H groups in total. The Hall–Kier alpha value is -2.29. The molecule has 2 aliphatic rings. The molecule has 0 amide bonds. The number of halogens is 3. The number of hydrogen-bond acceptors (Lipinski definition) is 5. The van der Waals surface area contributed by atoms with Gasteiger partial charge in [0, 0.05) is 19.1 Å². The van der Waals surface area contributed by atoms with Gasteiger partial charge in [0.1, 0.15) is 23.9 Å². The average molecular weight is 409 g/mol. The maximum absolute atomic E-state index is 13.5. The van der Waals surface area contributed by atoms with Crippen molar-refractivity contribution in [1.82, 2.24) is 19.7 Å². The molecule has 6 nitrogen and oxygen atoms in total. The number of rotatable bonds is 7. The van der Waals surface area contributed by atoms with Crippen molar-refractivity contribution in [2.75, 3.05) is 31.6 Å². The van der Waals surface area contributed by atoms with Gasteiger partial charge >= 0.3 is 0 Å². The third-order valence-electron chi connectivity index (χ3n) is 5.80. The maximum atomic E-state index is 13.5. The third-order valence-corrected chi connectivity index (χ3v) is 5.80. The minimum Gasteiger partial charge on any atom is -0.494 e. The highest BCUT2D eigenvalue weighted by atomic mass is 19.3. The van der Waals surface area contributed by atoms with Crippen molar-refractivity contribution < 1.29 is 17.9 Å². The van der Waals surface area contributed by atoms with E-state index in [1.54, 1.807) is 12.1 Å². The number of fused-ring (bicyclic) bond motifs is 1. The molecule has 0 aliphatic carbocycles. The van der Waals surface area contributed by atoms with Gasteiger partial charge in [0.05, 0.1) is 6.61 Å². The Labute approximate surface area is 168 Å². The Bertz CT molecular complexity index is 785. The van der Waals surface area contributed by atoms with Crippen LogP contribution in [0.5, 0.6) is 5.75 Å². The van der Waals surface area contributed by atoms with E-state index in [2.05, 4.69) is 20.3 Å². The molecular formula is C20H26F3N5O. The summed E-state index contributed by atoms with van der Waals surface area (Å²) in [5.41, 5.74) is 0. The third kappa shape index (κ3) is 4.83. The molecule has 3 heterocycles. The Kier molecular flexibility index (Phi) is 6.22. The molecule has 0 spiro atoms. The highest BCUT2D eigenvalue weighted by Gasteiger charge is 2.38. The minimum atomic E-state index is -2.46. The summed E-state index contributed by atoms with van der Waals surface area (Å²) in [6.07, 6.45) is 2.16. The van der Waals surface area contributed by atoms with Crippen molar-refractivity contribution in [3.05, 3.63) is 36.4 Å². The molecule has 9 heteroatoms. The first-order valence-electron chi connectivity index (χ1n) is 10.1. The van der Waals surface area contributed by atoms with Crippen LogP contribution >= 0.6 is 0 Å². The van der Waals surface area contributed by atoms with Crippen molar-refractivity contribution in [3.63, 3.8) is 0 Å². The van der Waals surface area contributed by atoms with Crippen LogP contribution in [-0.4, -0.2) is 58.4 Å². The number of benzene rings is 1. The fourth-order valence-electron chi connectivity index (χ4n) is 4.33. The summed E-state index contributed by atoms with van der Waals surface area (Å²) < 4.78 is 46.9. The number of nitrogens with one attached hydrogen (secondary N) is 1. The molecule has 0 radical (unpaired) electrons. The van der Waals surface area contributed by atoms with E-state index in [1.165, 1.54) is 23.1 Å². The summed E-state index contributed by atoms with van der Waals surface area (Å²) in [6.45, 7) is 3.33. The van der Waals surface area contributed by atoms with Gasteiger partial charge in [-0.2, -0.15) is 10.1 Å². The normalized spacial score (nSPS) is 24.9. The van der Waals surface area contributed by atoms with Gasteiger partial charge in [-0.25, -0.2) is 17.9 Å². The second kappa shape index (κ2) is 9.02. The number of anilines is 1. The highest BCUT2D eigenvalue weighted by molar-refractivity contribution is 5.29. The average Bonchev–Trinajstić information content (AvgIpc) is 3.20. The van der Waals surface area contributed by atoms with Crippen molar-refractivity contribution in [2.24, 2.45) is 5.92 Å². The number of alkyl halides is 2. The lowest BCUT2D eigenvalue weighted by atomic mass is 9.86. The maximum Gasteiger partial charge on any atom is 0.260 e. The Morgan fingerprint density at radius 1 is 1.24 bits per heavy atom. The van der Waals surface area contributed by atoms with E-state index in [1.807, 2.05) is 0 Å². The SMILES string of the molecule is Fc1ccc(OCCCN2CCCC([C@@H]3C[C@H](C(F)F)n4ncnc4N3)C2)cc1. The first kappa shape index (κ1) is 20.0. The Morgan fingerprint density at radius 2 is 2.07 bits per heavy atom. The number of aromatic nitrogens is 3. The fourth-order valence-corrected chi connectivity index (χ4v) is 4.33. The standard InChI is InChI=1S/C20H26F3N5O/c21-15-4-6-16(7-5-15)29-10-2-9-27-8-1-3-14(12-27)17-11-18(19(22)23)28-20(26-17)24-13-25-28/h4-7,13-14,17-19H,1-3,8-12H2,(H,24,25,26)/t14?,17-,18+/m0/s1. The molecule has 158 valence electrons. The van der Waals surface area contributed by atoms with Crippen LogP contribution in [0.25, 0.3) is 0 Å². The molecule has 2 aromatic rings. The Balaban J connectivity index is 1.27. The predicted octanol–water partition coefficient (Wildman–Crippen LogP) is 3.59. The van der Waals surface area contributed by atoms with E-state index in [9.17, 15) is 13.2 Å². The lowest BCUT2D eigenvalue weighted by Gasteiger charge is -2.40. The van der Waals surface area contributed by atoms with Crippen molar-refractivity contribution >= 4 is 5.95 Å². The molecule has 1 saturated heterocycles. The van der Waals surface area contributed by atoms with Crippen LogP contribution in [0.4, 0.5) is 19.1 Å². The fraction of sp³-hybridized carbons (Fsp3) is 0.600. The van der Waals surface area contributed by atoms with E-state index >= 15 is 0 Å². The molecule has 29 heavy (non-hydrogen) atoms. The molecule has 1 unspecified atom stereocenters. The van der Waals surface area contributed by atoms with E-state index in [0.717, 1.165) is 38.9 Å². The second-order valence-electron chi connectivity index (χ2n) is 7.78. The molecule has 1 fully saturated rings. The van der Waals surface area contributed by atoms with E-state index in [4.69, 9.17) is 4.74 Å². The highest BCUT2D eigenvalue weighted by Crippen LogP contribution is 2.34. The van der Waals surface area contributed by atoms with E-state index < -0.39 is 12.5 Å². The molecule has 1 aromatic heterocycles. The van der Waals surface area contributed by atoms with Gasteiger partial charge in [-0.1, -0.05) is 0 Å². The van der Waals surface area contributed by atoms with Crippen LogP contribution in [0.15, 0.2) is 30.6 Å². The van der Waals surface area contributed by atoms with Gasteiger partial charge in [0.15, 0.2) is 0 Å². The number of hydrogen-bond donors (Lipinski definition) is 1. The molecule has 0 saturated carbocycles. The summed E-state index contributed by atoms with van der Waals surface area (Å²) in [5.74, 6) is 1.13. The van der Waals surface area contributed by atoms with Gasteiger partial charge in [0.2, 0.25) is 5.95 Å². The Morgan fingerprint density at radius 3 is 2.86 bits per heavy atom. The molecule has 0 bridgehead atoms. The summed E-state index contributed by atoms with van der Waals surface area (Å²) in [6, 6.07) is 5.07. The van der Waals surface area contributed by atoms with Crippen molar-refractivity contribution in [3.8, 4) is 5.75 Å². The topological polar surface area (TPSA) is 55.2 Å². The quantitative estimate of drug-likeness (QED) is 0.709. The molecule has 3 atom stereocenters. The predicted molar refractivity (Wildman–Crippen MR) is 103 cm³/mol. The summed E-state index contributed by atoms with van der Waals surface area (Å²) in [5, 5.41) is 7.27. The second-order valence-corrected chi connectivity index (χ2v) is 7.78. The van der Waals surface area contributed by atoms with Gasteiger partial charge in [-0.05, 0) is 62.4 Å². The minimum absolute atomic E-state index is 0.0241. The van der Waals surface area contributed by atoms with Crippen LogP contribution in [0.1, 0.15) is 31.7 Å². The van der Waals surface area contributed by atoms with Crippen LogP contribution < -0.4 is 10.1 Å². The zero-order valence-corrected chi connectivity index (χ0v) is 16.2. The molecule has 1 aromatic carbocycles. The molecule has 2 aliphatic heterocycles. The number of piperidine rings is 1. The zero-order valence-electron chi connectivity index (χ0n) is 16.2. The lowest BCUT2D eigenvalue weighted by Crippen LogP contribution is -2.47. The number of nitrogens with zero attached hydrogens (tertiary/aromatic N) is 4. The first-order chi connectivity index (χ1) is 14.1. The van der Waals surface area contributed by atoms with Crippen LogP contribution in [-0.2, 0) is 0 Å². The van der Waals surface area contributed by atoms with Crippen molar-refractivity contribution in [2.45, 2.75) is 44.2 Å². The molecular weight excluding hydrogens is 383 g/mol. The lowest BCUT2D eigenvalue weighted by molar-refractivity contribution is 0.0552. The van der Waals surface area contributed by atoms with E-state index in [-0.39, 0.29) is 11.9 Å².